The first-order valence-corrected chi connectivity index (χ1v) is 5.94. The topological polar surface area (TPSA) is 93.1 Å². The average Bonchev–Trinajstić information content (AvgIpc) is 2.37. The molecule has 0 aliphatic carbocycles. The molecule has 0 rings (SSSR count). The van der Waals surface area contributed by atoms with E-state index in [-0.39, 0.29) is 26.4 Å². The molecule has 0 bridgehead atoms. The summed E-state index contributed by atoms with van der Waals surface area (Å²) in [6, 6.07) is 0. The van der Waals surface area contributed by atoms with Crippen LogP contribution < -0.4 is 0 Å². The molecule has 0 spiro atoms. The molecule has 0 amide bonds. The molecule has 0 unspecified atom stereocenters. The van der Waals surface area contributed by atoms with E-state index in [0.29, 0.717) is 25.7 Å². The molecule has 18 heavy (non-hydrogen) atoms. The number of aliphatic hydroxyl groups is 2. The van der Waals surface area contributed by atoms with Gasteiger partial charge in [-0.3, -0.25) is 0 Å². The maximum absolute atomic E-state index is 11.1. The number of esters is 2. The van der Waals surface area contributed by atoms with Crippen molar-refractivity contribution < 1.29 is 29.3 Å². The second-order valence-corrected chi connectivity index (χ2v) is 3.53. The Bertz CT molecular complexity index is 235. The summed E-state index contributed by atoms with van der Waals surface area (Å²) in [6.07, 6.45) is 4.33. The molecule has 6 nitrogen and oxygen atoms in total. The van der Waals surface area contributed by atoms with Crippen LogP contribution in [0.3, 0.4) is 0 Å². The van der Waals surface area contributed by atoms with Crippen molar-refractivity contribution in [3.05, 3.63) is 12.2 Å². The summed E-state index contributed by atoms with van der Waals surface area (Å²) in [5, 5.41) is 17.0. The third-order valence-electron chi connectivity index (χ3n) is 1.95. The fourth-order valence-electron chi connectivity index (χ4n) is 1.01. The molecule has 104 valence electrons. The molecule has 0 radical (unpaired) electrons. The normalized spacial score (nSPS) is 10.6. The largest absolute Gasteiger partial charge is 0.463 e. The zero-order valence-electron chi connectivity index (χ0n) is 10.3. The summed E-state index contributed by atoms with van der Waals surface area (Å²) in [5.41, 5.74) is 0. The highest BCUT2D eigenvalue weighted by Gasteiger charge is 2.00. The third-order valence-corrected chi connectivity index (χ3v) is 1.95. The van der Waals surface area contributed by atoms with E-state index in [1.165, 1.54) is 0 Å². The fraction of sp³-hybridized carbons (Fsp3) is 0.667. The number of hydrogen-bond acceptors (Lipinski definition) is 6. The van der Waals surface area contributed by atoms with Crippen molar-refractivity contribution in [2.45, 2.75) is 25.7 Å². The van der Waals surface area contributed by atoms with Gasteiger partial charge in [0.25, 0.3) is 0 Å². The maximum Gasteiger partial charge on any atom is 0.331 e. The van der Waals surface area contributed by atoms with E-state index >= 15 is 0 Å². The van der Waals surface area contributed by atoms with E-state index < -0.39 is 11.9 Å². The molecule has 0 aliphatic heterocycles. The summed E-state index contributed by atoms with van der Waals surface area (Å²) >= 11 is 0. The van der Waals surface area contributed by atoms with E-state index in [2.05, 4.69) is 0 Å². The Morgan fingerprint density at radius 3 is 1.50 bits per heavy atom. The van der Waals surface area contributed by atoms with Gasteiger partial charge in [-0.1, -0.05) is 0 Å². The lowest BCUT2D eigenvalue weighted by Crippen LogP contribution is -2.06. The molecule has 0 atom stereocenters. The van der Waals surface area contributed by atoms with Crippen molar-refractivity contribution in [2.24, 2.45) is 0 Å². The maximum atomic E-state index is 11.1. The summed E-state index contributed by atoms with van der Waals surface area (Å²) in [7, 11) is 0. The van der Waals surface area contributed by atoms with Gasteiger partial charge in [-0.15, -0.1) is 0 Å². The van der Waals surface area contributed by atoms with Crippen LogP contribution in [0.15, 0.2) is 12.2 Å². The monoisotopic (exact) mass is 260 g/mol. The highest BCUT2D eigenvalue weighted by atomic mass is 16.5. The number of aliphatic hydroxyl groups excluding tert-OH is 2. The zero-order chi connectivity index (χ0) is 13.6. The number of unbranched alkanes of at least 4 members (excludes halogenated alkanes) is 2. The van der Waals surface area contributed by atoms with Crippen LogP contribution in [0.1, 0.15) is 25.7 Å². The van der Waals surface area contributed by atoms with Gasteiger partial charge in [0.05, 0.1) is 13.2 Å². The van der Waals surface area contributed by atoms with E-state index in [1.807, 2.05) is 0 Å². The van der Waals surface area contributed by atoms with Crippen LogP contribution in [-0.2, 0) is 19.1 Å². The van der Waals surface area contributed by atoms with Crippen LogP contribution in [0.2, 0.25) is 0 Å². The number of carbonyl (C=O) groups is 2. The molecular formula is C12H20O6. The molecule has 0 fully saturated rings. The highest BCUT2D eigenvalue weighted by Crippen LogP contribution is 1.93. The number of hydrogen-bond donors (Lipinski definition) is 2. The van der Waals surface area contributed by atoms with Gasteiger partial charge in [0.1, 0.15) is 0 Å². The number of carbonyl (C=O) groups excluding carboxylic acids is 2. The lowest BCUT2D eigenvalue weighted by molar-refractivity contribution is -0.140. The van der Waals surface area contributed by atoms with E-state index in [4.69, 9.17) is 19.7 Å². The van der Waals surface area contributed by atoms with Crippen molar-refractivity contribution in [3.8, 4) is 0 Å². The van der Waals surface area contributed by atoms with Crippen molar-refractivity contribution >= 4 is 11.9 Å². The van der Waals surface area contributed by atoms with Gasteiger partial charge in [0.2, 0.25) is 0 Å². The minimum Gasteiger partial charge on any atom is -0.463 e. The van der Waals surface area contributed by atoms with Crippen molar-refractivity contribution in [1.82, 2.24) is 0 Å². The van der Waals surface area contributed by atoms with Crippen LogP contribution in [0, 0.1) is 0 Å². The van der Waals surface area contributed by atoms with Gasteiger partial charge >= 0.3 is 11.9 Å². The van der Waals surface area contributed by atoms with Crippen LogP contribution in [-0.4, -0.2) is 48.6 Å². The Morgan fingerprint density at radius 1 is 0.778 bits per heavy atom. The number of ether oxygens (including phenoxy) is 2. The van der Waals surface area contributed by atoms with Gasteiger partial charge in [0, 0.05) is 25.4 Å². The van der Waals surface area contributed by atoms with Gasteiger partial charge < -0.3 is 19.7 Å². The Balaban J connectivity index is 3.58. The summed E-state index contributed by atoms with van der Waals surface area (Å²) < 4.78 is 9.52. The van der Waals surface area contributed by atoms with Gasteiger partial charge in [-0.25, -0.2) is 9.59 Å². The first-order valence-electron chi connectivity index (χ1n) is 5.94. The highest BCUT2D eigenvalue weighted by molar-refractivity contribution is 5.91. The number of rotatable bonds is 10. The third kappa shape index (κ3) is 11.1. The standard InChI is InChI=1S/C12H20O6/c13-7-1-3-9-17-11(15)5-6-12(16)18-10-4-2-8-14/h5-6,13-14H,1-4,7-10H2/b6-5-. The molecule has 0 aliphatic rings. The van der Waals surface area contributed by atoms with Crippen LogP contribution in [0.5, 0.6) is 0 Å². The summed E-state index contributed by atoms with van der Waals surface area (Å²) in [4.78, 5) is 22.1. The molecule has 0 saturated heterocycles. The fourth-order valence-corrected chi connectivity index (χ4v) is 1.01. The van der Waals surface area contributed by atoms with Crippen LogP contribution >= 0.6 is 0 Å². The lowest BCUT2D eigenvalue weighted by Gasteiger charge is -2.01. The SMILES string of the molecule is O=C(/C=C\C(=O)OCCCCO)OCCCCO. The minimum atomic E-state index is -0.611. The average molecular weight is 260 g/mol. The molecule has 2 N–H and O–H groups in total. The van der Waals surface area contributed by atoms with E-state index in [9.17, 15) is 9.59 Å². The molecule has 0 aromatic heterocycles. The summed E-state index contributed by atoms with van der Waals surface area (Å²) in [6.45, 7) is 0.561. The Kier molecular flexibility index (Phi) is 11.1. The lowest BCUT2D eigenvalue weighted by atomic mass is 10.3. The molecule has 0 aromatic rings. The van der Waals surface area contributed by atoms with Gasteiger partial charge in [0.15, 0.2) is 0 Å². The Hall–Kier alpha value is -1.40. The first kappa shape index (κ1) is 16.6. The van der Waals surface area contributed by atoms with Gasteiger partial charge in [-0.2, -0.15) is 0 Å². The van der Waals surface area contributed by atoms with Crippen molar-refractivity contribution in [2.75, 3.05) is 26.4 Å². The smallest absolute Gasteiger partial charge is 0.331 e. The van der Waals surface area contributed by atoms with E-state index in [0.717, 1.165) is 12.2 Å². The van der Waals surface area contributed by atoms with Crippen LogP contribution in [0.25, 0.3) is 0 Å². The minimum absolute atomic E-state index is 0.0631. The molecule has 6 heteroatoms. The van der Waals surface area contributed by atoms with Crippen molar-refractivity contribution in [1.29, 1.82) is 0 Å². The predicted molar refractivity (Wildman–Crippen MR) is 63.7 cm³/mol. The zero-order valence-corrected chi connectivity index (χ0v) is 10.3. The second kappa shape index (κ2) is 12.1. The molecule has 0 aromatic carbocycles. The van der Waals surface area contributed by atoms with Crippen LogP contribution in [0.4, 0.5) is 0 Å². The molecule has 0 saturated carbocycles. The predicted octanol–water partition coefficient (Wildman–Crippen LogP) is 0.174. The van der Waals surface area contributed by atoms with E-state index in [1.54, 1.807) is 0 Å². The Morgan fingerprint density at radius 2 is 1.17 bits per heavy atom. The van der Waals surface area contributed by atoms with Gasteiger partial charge in [-0.05, 0) is 25.7 Å². The quantitative estimate of drug-likeness (QED) is 0.330. The second-order valence-electron chi connectivity index (χ2n) is 3.53. The van der Waals surface area contributed by atoms with Crippen molar-refractivity contribution in [3.63, 3.8) is 0 Å². The molecular weight excluding hydrogens is 240 g/mol. The summed E-state index contributed by atoms with van der Waals surface area (Å²) in [5.74, 6) is -1.22. The first-order chi connectivity index (χ1) is 8.70. The Labute approximate surface area is 106 Å². The molecule has 0 heterocycles.